The third-order valence-corrected chi connectivity index (χ3v) is 6.40. The number of carbonyl (C=O) groups excluding carboxylic acids is 2. The number of thiophene rings is 1. The van der Waals surface area contributed by atoms with Crippen LogP contribution in [0.5, 0.6) is 0 Å². The summed E-state index contributed by atoms with van der Waals surface area (Å²) < 4.78 is 30.1. The van der Waals surface area contributed by atoms with E-state index in [0.29, 0.717) is 10.4 Å². The Bertz CT molecular complexity index is 957. The zero-order valence-electron chi connectivity index (χ0n) is 12.7. The van der Waals surface area contributed by atoms with Gasteiger partial charge in [-0.2, -0.15) is 13.5 Å². The van der Waals surface area contributed by atoms with Crippen LogP contribution in [-0.4, -0.2) is 36.9 Å². The molecule has 3 heterocycles. The molecule has 0 saturated carbocycles. The van der Waals surface area contributed by atoms with Crippen molar-refractivity contribution < 1.29 is 22.3 Å². The average Bonchev–Trinajstić information content (AvgIpc) is 3.16. The molecule has 3 amide bonds. The Morgan fingerprint density at radius 2 is 1.96 bits per heavy atom. The van der Waals surface area contributed by atoms with Gasteiger partial charge in [0.2, 0.25) is 5.91 Å². The summed E-state index contributed by atoms with van der Waals surface area (Å²) in [4.78, 5) is 26.3. The Balaban J connectivity index is 1.72. The van der Waals surface area contributed by atoms with Gasteiger partial charge in [0.15, 0.2) is 0 Å². The number of hydroxylamine groups is 2. The molecule has 1 saturated heterocycles. The van der Waals surface area contributed by atoms with E-state index in [1.165, 1.54) is 28.4 Å². The molecule has 25 heavy (non-hydrogen) atoms. The summed E-state index contributed by atoms with van der Waals surface area (Å²) in [5.41, 5.74) is 6.13. The first-order chi connectivity index (χ1) is 11.9. The van der Waals surface area contributed by atoms with Crippen LogP contribution >= 0.6 is 11.3 Å². The van der Waals surface area contributed by atoms with E-state index in [0.717, 1.165) is 5.06 Å². The second-order valence-corrected chi connectivity index (χ2v) is 8.14. The van der Waals surface area contributed by atoms with Crippen molar-refractivity contribution in [3.05, 3.63) is 52.2 Å². The molecule has 1 fully saturated rings. The van der Waals surface area contributed by atoms with Crippen LogP contribution in [0.3, 0.4) is 0 Å². The van der Waals surface area contributed by atoms with Crippen molar-refractivity contribution in [1.29, 1.82) is 0 Å². The minimum atomic E-state index is -4.17. The van der Waals surface area contributed by atoms with Crippen molar-refractivity contribution in [2.75, 3.05) is 6.54 Å². The summed E-state index contributed by atoms with van der Waals surface area (Å²) in [6.07, 6.45) is 0. The summed E-state index contributed by atoms with van der Waals surface area (Å²) in [5.74, 6) is -0.664. The van der Waals surface area contributed by atoms with Gasteiger partial charge in [-0.25, -0.2) is 4.79 Å². The number of urea groups is 1. The van der Waals surface area contributed by atoms with E-state index in [2.05, 4.69) is 0 Å². The van der Waals surface area contributed by atoms with Crippen molar-refractivity contribution >= 4 is 33.4 Å². The van der Waals surface area contributed by atoms with E-state index < -0.39 is 34.1 Å². The molecular weight excluding hydrogens is 366 g/mol. The molecular formula is C15H13N3O5S2. The molecule has 4 rings (SSSR count). The van der Waals surface area contributed by atoms with Crippen LogP contribution in [0.15, 0.2) is 46.7 Å². The Morgan fingerprint density at radius 3 is 2.64 bits per heavy atom. The van der Waals surface area contributed by atoms with Gasteiger partial charge in [0.1, 0.15) is 12.1 Å². The molecule has 0 radical (unpaired) electrons. The fourth-order valence-corrected chi connectivity index (χ4v) is 5.14. The Morgan fingerprint density at radius 1 is 1.24 bits per heavy atom. The highest BCUT2D eigenvalue weighted by molar-refractivity contribution is 7.86. The van der Waals surface area contributed by atoms with Gasteiger partial charge >= 0.3 is 16.1 Å². The lowest BCUT2D eigenvalue weighted by molar-refractivity contribution is -0.122. The number of carbonyl (C=O) groups is 2. The Kier molecular flexibility index (Phi) is 3.56. The van der Waals surface area contributed by atoms with Gasteiger partial charge in [0.05, 0.1) is 11.4 Å². The maximum Gasteiger partial charge on any atom is 0.346 e. The first kappa shape index (κ1) is 16.1. The largest absolute Gasteiger partial charge is 0.368 e. The van der Waals surface area contributed by atoms with Crippen LogP contribution in [0.2, 0.25) is 0 Å². The zero-order valence-corrected chi connectivity index (χ0v) is 14.4. The number of fused-ring (bicyclic) bond motifs is 4. The van der Waals surface area contributed by atoms with E-state index in [1.54, 1.807) is 29.6 Å². The zero-order chi connectivity index (χ0) is 17.8. The number of nitrogens with zero attached hydrogens (tertiary/aromatic N) is 2. The summed E-state index contributed by atoms with van der Waals surface area (Å²) in [5, 5.41) is 2.59. The fourth-order valence-electron chi connectivity index (χ4n) is 3.11. The van der Waals surface area contributed by atoms with E-state index in [1.807, 2.05) is 0 Å². The van der Waals surface area contributed by atoms with Gasteiger partial charge in [-0.3, -0.25) is 4.79 Å². The highest BCUT2D eigenvalue weighted by Crippen LogP contribution is 2.46. The first-order valence-corrected chi connectivity index (χ1v) is 9.65. The van der Waals surface area contributed by atoms with Crippen LogP contribution in [0.25, 0.3) is 0 Å². The number of rotatable bonds is 4. The molecule has 0 aliphatic carbocycles. The molecule has 2 aliphatic rings. The van der Waals surface area contributed by atoms with Gasteiger partial charge in [0, 0.05) is 4.88 Å². The number of primary amides is 1. The molecule has 2 atom stereocenters. The Labute approximate surface area is 147 Å². The SMILES string of the molecule is NC(=O)[C@@H]1c2sccc2[C@H]2CN1C(=O)N2OS(=O)(=O)c1ccccc1. The molecule has 2 aromatic rings. The average molecular weight is 379 g/mol. The monoisotopic (exact) mass is 379 g/mol. The van der Waals surface area contributed by atoms with E-state index in [-0.39, 0.29) is 11.4 Å². The second kappa shape index (κ2) is 5.55. The summed E-state index contributed by atoms with van der Waals surface area (Å²) >= 11 is 1.30. The van der Waals surface area contributed by atoms with Gasteiger partial charge in [-0.05, 0) is 29.1 Å². The highest BCUT2D eigenvalue weighted by atomic mass is 32.2. The molecule has 1 aromatic heterocycles. The topological polar surface area (TPSA) is 110 Å². The van der Waals surface area contributed by atoms with Crippen molar-refractivity contribution in [3.8, 4) is 0 Å². The normalized spacial score (nSPS) is 22.2. The maximum absolute atomic E-state index is 12.6. The quantitative estimate of drug-likeness (QED) is 0.863. The van der Waals surface area contributed by atoms with Crippen LogP contribution in [-0.2, 0) is 19.2 Å². The fraction of sp³-hybridized carbons (Fsp3) is 0.200. The number of benzene rings is 1. The molecule has 1 aromatic carbocycles. The third-order valence-electron chi connectivity index (χ3n) is 4.21. The van der Waals surface area contributed by atoms with Crippen molar-refractivity contribution in [2.24, 2.45) is 5.73 Å². The Hall–Kier alpha value is -2.43. The number of amides is 3. The second-order valence-electron chi connectivity index (χ2n) is 5.66. The minimum Gasteiger partial charge on any atom is -0.368 e. The smallest absolute Gasteiger partial charge is 0.346 e. The highest BCUT2D eigenvalue weighted by Gasteiger charge is 2.52. The standard InChI is InChI=1S/C15H13N3O5S2/c16-14(19)12-13-10(6-7-24-13)11-8-17(12)15(20)18(11)23-25(21,22)9-4-2-1-3-5-9/h1-7,11-12H,8H2,(H2,16,19)/t11-,12+/m1/s1. The molecule has 2 N–H and O–H groups in total. The maximum atomic E-state index is 12.6. The molecule has 0 spiro atoms. The van der Waals surface area contributed by atoms with Gasteiger partial charge < -0.3 is 10.6 Å². The third kappa shape index (κ3) is 2.41. The van der Waals surface area contributed by atoms with Crippen LogP contribution in [0, 0.1) is 0 Å². The predicted octanol–water partition coefficient (Wildman–Crippen LogP) is 1.39. The van der Waals surface area contributed by atoms with Gasteiger partial charge in [0.25, 0.3) is 0 Å². The van der Waals surface area contributed by atoms with Crippen molar-refractivity contribution in [3.63, 3.8) is 0 Å². The summed E-state index contributed by atoms with van der Waals surface area (Å²) in [6.45, 7) is 0.139. The molecule has 10 heteroatoms. The van der Waals surface area contributed by atoms with Crippen molar-refractivity contribution in [2.45, 2.75) is 17.0 Å². The van der Waals surface area contributed by atoms with Gasteiger partial charge in [-0.15, -0.1) is 15.6 Å². The number of hydrogen-bond acceptors (Lipinski definition) is 6. The van der Waals surface area contributed by atoms with Gasteiger partial charge in [-0.1, -0.05) is 18.2 Å². The van der Waals surface area contributed by atoms with Crippen LogP contribution < -0.4 is 5.73 Å². The van der Waals surface area contributed by atoms with Crippen molar-refractivity contribution in [1.82, 2.24) is 9.96 Å². The molecule has 8 nitrogen and oxygen atoms in total. The lowest BCUT2D eigenvalue weighted by Crippen LogP contribution is -2.41. The molecule has 2 bridgehead atoms. The lowest BCUT2D eigenvalue weighted by Gasteiger charge is -2.27. The molecule has 130 valence electrons. The first-order valence-electron chi connectivity index (χ1n) is 7.36. The van der Waals surface area contributed by atoms with Crippen LogP contribution in [0.1, 0.15) is 22.5 Å². The summed E-state index contributed by atoms with van der Waals surface area (Å²) in [6, 6.07) is 7.09. The predicted molar refractivity (Wildman–Crippen MR) is 87.6 cm³/mol. The molecule has 2 aliphatic heterocycles. The minimum absolute atomic E-state index is 0.0590. The van der Waals surface area contributed by atoms with E-state index >= 15 is 0 Å². The van der Waals surface area contributed by atoms with Crippen LogP contribution in [0.4, 0.5) is 4.79 Å². The lowest BCUT2D eigenvalue weighted by atomic mass is 9.99. The van der Waals surface area contributed by atoms with E-state index in [4.69, 9.17) is 10.0 Å². The molecule has 0 unspecified atom stereocenters. The number of hydrogen-bond donors (Lipinski definition) is 1. The summed E-state index contributed by atoms with van der Waals surface area (Å²) in [7, 11) is -4.17. The number of nitrogens with two attached hydrogens (primary N) is 1. The van der Waals surface area contributed by atoms with E-state index in [9.17, 15) is 18.0 Å².